The minimum atomic E-state index is -0.110. The lowest BCUT2D eigenvalue weighted by atomic mass is 10.1. The number of aliphatic hydroxyl groups is 1. The molecular formula is C12H16BrNO2. The van der Waals surface area contributed by atoms with Crippen LogP contribution in [0.15, 0.2) is 22.7 Å². The zero-order valence-electron chi connectivity index (χ0n) is 9.46. The van der Waals surface area contributed by atoms with Crippen LogP contribution in [0.25, 0.3) is 0 Å². The number of nitrogens with one attached hydrogen (secondary N) is 1. The first-order valence-electron chi connectivity index (χ1n) is 5.22. The van der Waals surface area contributed by atoms with Crippen LogP contribution in [0, 0.1) is 6.92 Å². The molecule has 0 aliphatic heterocycles. The Labute approximate surface area is 104 Å². The second-order valence-electron chi connectivity index (χ2n) is 3.85. The van der Waals surface area contributed by atoms with E-state index in [1.165, 1.54) is 0 Å². The summed E-state index contributed by atoms with van der Waals surface area (Å²) in [4.78, 5) is 11.8. The molecule has 0 heterocycles. The molecule has 1 aromatic carbocycles. The summed E-state index contributed by atoms with van der Waals surface area (Å²) in [6.07, 6.45) is 0.568. The molecule has 1 unspecified atom stereocenters. The quantitative estimate of drug-likeness (QED) is 0.892. The summed E-state index contributed by atoms with van der Waals surface area (Å²) >= 11 is 3.39. The molecule has 2 N–H and O–H groups in total. The van der Waals surface area contributed by atoms with Gasteiger partial charge in [-0.1, -0.05) is 22.0 Å². The molecule has 0 bridgehead atoms. The smallest absolute Gasteiger partial charge is 0.251 e. The van der Waals surface area contributed by atoms with Gasteiger partial charge in [0.15, 0.2) is 0 Å². The highest BCUT2D eigenvalue weighted by molar-refractivity contribution is 9.10. The molecule has 0 saturated heterocycles. The molecule has 0 aliphatic carbocycles. The maximum atomic E-state index is 11.8. The SMILES string of the molecule is Cc1ccc(C(=O)NC(C)CCO)cc1Br. The van der Waals surface area contributed by atoms with Crippen molar-refractivity contribution in [2.75, 3.05) is 6.61 Å². The van der Waals surface area contributed by atoms with Gasteiger partial charge in [-0.3, -0.25) is 4.79 Å². The third-order valence-electron chi connectivity index (χ3n) is 2.37. The zero-order valence-corrected chi connectivity index (χ0v) is 11.0. The predicted molar refractivity (Wildman–Crippen MR) is 67.5 cm³/mol. The Morgan fingerprint density at radius 2 is 2.25 bits per heavy atom. The van der Waals surface area contributed by atoms with Crippen molar-refractivity contribution in [2.24, 2.45) is 0 Å². The Kier molecular flexibility index (Phi) is 4.96. The molecule has 1 rings (SSSR count). The van der Waals surface area contributed by atoms with Gasteiger partial charge in [0.1, 0.15) is 0 Å². The number of aliphatic hydroxyl groups excluding tert-OH is 1. The highest BCUT2D eigenvalue weighted by Gasteiger charge is 2.10. The van der Waals surface area contributed by atoms with Crippen LogP contribution in [0.1, 0.15) is 29.3 Å². The highest BCUT2D eigenvalue weighted by atomic mass is 79.9. The Hall–Kier alpha value is -0.870. The van der Waals surface area contributed by atoms with Crippen LogP contribution in [0.3, 0.4) is 0 Å². The standard InChI is InChI=1S/C12H16BrNO2/c1-8-3-4-10(7-11(8)13)12(16)14-9(2)5-6-15/h3-4,7,9,15H,5-6H2,1-2H3,(H,14,16). The average molecular weight is 286 g/mol. The molecule has 0 spiro atoms. The van der Waals surface area contributed by atoms with Crippen molar-refractivity contribution in [2.45, 2.75) is 26.3 Å². The lowest BCUT2D eigenvalue weighted by Gasteiger charge is -2.12. The molecule has 1 aromatic rings. The summed E-state index contributed by atoms with van der Waals surface area (Å²) in [6.45, 7) is 3.93. The minimum absolute atomic E-state index is 0.0161. The van der Waals surface area contributed by atoms with Gasteiger partial charge in [-0.25, -0.2) is 0 Å². The normalized spacial score (nSPS) is 12.2. The number of hydrogen-bond donors (Lipinski definition) is 2. The molecule has 1 atom stereocenters. The van der Waals surface area contributed by atoms with Gasteiger partial charge in [0, 0.05) is 22.7 Å². The van der Waals surface area contributed by atoms with E-state index < -0.39 is 0 Å². The third kappa shape index (κ3) is 3.61. The summed E-state index contributed by atoms with van der Waals surface area (Å²) in [5.74, 6) is -0.110. The van der Waals surface area contributed by atoms with Crippen molar-refractivity contribution in [3.05, 3.63) is 33.8 Å². The van der Waals surface area contributed by atoms with Gasteiger partial charge in [-0.05, 0) is 38.0 Å². The number of benzene rings is 1. The van der Waals surface area contributed by atoms with Gasteiger partial charge < -0.3 is 10.4 Å². The van der Waals surface area contributed by atoms with Crippen LogP contribution >= 0.6 is 15.9 Å². The second-order valence-corrected chi connectivity index (χ2v) is 4.71. The van der Waals surface area contributed by atoms with E-state index in [2.05, 4.69) is 21.2 Å². The van der Waals surface area contributed by atoms with Crippen LogP contribution in [0.2, 0.25) is 0 Å². The maximum absolute atomic E-state index is 11.8. The molecular weight excluding hydrogens is 270 g/mol. The summed E-state index contributed by atoms with van der Waals surface area (Å²) in [6, 6.07) is 5.48. The van der Waals surface area contributed by atoms with E-state index in [1.54, 1.807) is 12.1 Å². The van der Waals surface area contributed by atoms with Gasteiger partial charge in [0.25, 0.3) is 5.91 Å². The Morgan fingerprint density at radius 3 is 2.81 bits per heavy atom. The number of carbonyl (C=O) groups excluding carboxylic acids is 1. The zero-order chi connectivity index (χ0) is 12.1. The van der Waals surface area contributed by atoms with E-state index >= 15 is 0 Å². The van der Waals surface area contributed by atoms with Crippen LogP contribution in [-0.4, -0.2) is 23.7 Å². The van der Waals surface area contributed by atoms with Crippen molar-refractivity contribution in [3.8, 4) is 0 Å². The average Bonchev–Trinajstić information content (AvgIpc) is 2.22. The van der Waals surface area contributed by atoms with Gasteiger partial charge >= 0.3 is 0 Å². The van der Waals surface area contributed by atoms with Gasteiger partial charge in [-0.15, -0.1) is 0 Å². The topological polar surface area (TPSA) is 49.3 Å². The number of hydrogen-bond acceptors (Lipinski definition) is 2. The predicted octanol–water partition coefficient (Wildman–Crippen LogP) is 2.26. The lowest BCUT2D eigenvalue weighted by molar-refractivity contribution is 0.0934. The molecule has 0 radical (unpaired) electrons. The van der Waals surface area contributed by atoms with Crippen LogP contribution in [-0.2, 0) is 0 Å². The van der Waals surface area contributed by atoms with Gasteiger partial charge in [0.2, 0.25) is 0 Å². The van der Waals surface area contributed by atoms with Crippen molar-refractivity contribution in [3.63, 3.8) is 0 Å². The molecule has 4 heteroatoms. The monoisotopic (exact) mass is 285 g/mol. The first-order valence-corrected chi connectivity index (χ1v) is 6.01. The molecule has 0 fully saturated rings. The highest BCUT2D eigenvalue weighted by Crippen LogP contribution is 2.17. The minimum Gasteiger partial charge on any atom is -0.396 e. The molecule has 3 nitrogen and oxygen atoms in total. The van der Waals surface area contributed by atoms with Crippen LogP contribution in [0.4, 0.5) is 0 Å². The van der Waals surface area contributed by atoms with E-state index in [0.717, 1.165) is 10.0 Å². The summed E-state index contributed by atoms with van der Waals surface area (Å²) in [7, 11) is 0. The van der Waals surface area contributed by atoms with Gasteiger partial charge in [0.05, 0.1) is 0 Å². The van der Waals surface area contributed by atoms with Crippen LogP contribution < -0.4 is 5.32 Å². The van der Waals surface area contributed by atoms with Crippen molar-refractivity contribution in [1.29, 1.82) is 0 Å². The van der Waals surface area contributed by atoms with E-state index in [-0.39, 0.29) is 18.6 Å². The van der Waals surface area contributed by atoms with E-state index in [1.807, 2.05) is 19.9 Å². The number of rotatable bonds is 4. The molecule has 88 valence electrons. The third-order valence-corrected chi connectivity index (χ3v) is 3.23. The largest absolute Gasteiger partial charge is 0.396 e. The Balaban J connectivity index is 2.69. The summed E-state index contributed by atoms with van der Waals surface area (Å²) in [5.41, 5.74) is 1.72. The lowest BCUT2D eigenvalue weighted by Crippen LogP contribution is -2.33. The van der Waals surface area contributed by atoms with E-state index in [9.17, 15) is 4.79 Å². The van der Waals surface area contributed by atoms with E-state index in [0.29, 0.717) is 12.0 Å². The number of amides is 1. The summed E-state index contributed by atoms with van der Waals surface area (Å²) in [5, 5.41) is 11.6. The molecule has 0 aromatic heterocycles. The van der Waals surface area contributed by atoms with E-state index in [4.69, 9.17) is 5.11 Å². The van der Waals surface area contributed by atoms with Gasteiger partial charge in [-0.2, -0.15) is 0 Å². The first-order chi connectivity index (χ1) is 7.54. The summed E-state index contributed by atoms with van der Waals surface area (Å²) < 4.78 is 0.926. The molecule has 16 heavy (non-hydrogen) atoms. The van der Waals surface area contributed by atoms with Crippen molar-refractivity contribution in [1.82, 2.24) is 5.32 Å². The fourth-order valence-electron chi connectivity index (χ4n) is 1.31. The number of aryl methyl sites for hydroxylation is 1. The second kappa shape index (κ2) is 6.01. The maximum Gasteiger partial charge on any atom is 0.251 e. The van der Waals surface area contributed by atoms with Crippen LogP contribution in [0.5, 0.6) is 0 Å². The number of carbonyl (C=O) groups is 1. The fraction of sp³-hybridized carbons (Fsp3) is 0.417. The molecule has 0 aliphatic rings. The van der Waals surface area contributed by atoms with Crippen molar-refractivity contribution >= 4 is 21.8 Å². The number of halogens is 1. The molecule has 0 saturated carbocycles. The Bertz CT molecular complexity index is 379. The first kappa shape index (κ1) is 13.2. The molecule has 1 amide bonds. The Morgan fingerprint density at radius 1 is 1.56 bits per heavy atom. The van der Waals surface area contributed by atoms with Crippen molar-refractivity contribution < 1.29 is 9.90 Å². The fourth-order valence-corrected chi connectivity index (χ4v) is 1.69.